The normalized spacial score (nSPS) is 17.7. The lowest BCUT2D eigenvalue weighted by Gasteiger charge is -2.38. The Labute approximate surface area is 201 Å². The van der Waals surface area contributed by atoms with Gasteiger partial charge < -0.3 is 23.6 Å². The molecule has 0 unspecified atom stereocenters. The van der Waals surface area contributed by atoms with Gasteiger partial charge in [0.1, 0.15) is 17.7 Å². The minimum Gasteiger partial charge on any atom is -0.496 e. The molecule has 184 valence electrons. The smallest absolute Gasteiger partial charge is 0.347 e. The second-order valence-corrected chi connectivity index (χ2v) is 8.12. The van der Waals surface area contributed by atoms with Crippen molar-refractivity contribution >= 4 is 11.9 Å². The first kappa shape index (κ1) is 24.1. The van der Waals surface area contributed by atoms with E-state index in [2.05, 4.69) is 15.1 Å². The first-order chi connectivity index (χ1) is 16.8. The van der Waals surface area contributed by atoms with Crippen LogP contribution in [-0.4, -0.2) is 64.8 Å². The third-order valence-corrected chi connectivity index (χ3v) is 5.85. The number of pyridine rings is 1. The van der Waals surface area contributed by atoms with E-state index in [0.29, 0.717) is 18.7 Å². The molecule has 2 aromatic heterocycles. The number of carbonyl (C=O) groups excluding carboxylic acids is 2. The average molecular weight is 484 g/mol. The minimum absolute atomic E-state index is 0.0456. The fourth-order valence-electron chi connectivity index (χ4n) is 4.06. The van der Waals surface area contributed by atoms with Crippen molar-refractivity contribution in [3.05, 3.63) is 53.2 Å². The van der Waals surface area contributed by atoms with Gasteiger partial charge >= 0.3 is 5.97 Å². The summed E-state index contributed by atoms with van der Waals surface area (Å²) < 4.78 is 36.1. The van der Waals surface area contributed by atoms with Crippen LogP contribution in [0.1, 0.15) is 46.3 Å². The third-order valence-electron chi connectivity index (χ3n) is 5.85. The maximum atomic E-state index is 14.8. The zero-order valence-corrected chi connectivity index (χ0v) is 19.8. The lowest BCUT2D eigenvalue weighted by atomic mass is 9.98. The summed E-state index contributed by atoms with van der Waals surface area (Å²) in [6, 6.07) is 5.61. The van der Waals surface area contributed by atoms with E-state index in [-0.39, 0.29) is 46.8 Å². The summed E-state index contributed by atoms with van der Waals surface area (Å²) in [5.74, 6) is -1.11. The number of amides is 1. The Morgan fingerprint density at radius 3 is 2.69 bits per heavy atom. The number of rotatable bonds is 6. The maximum absolute atomic E-state index is 14.8. The Bertz CT molecular complexity index is 1250. The molecule has 0 bridgehead atoms. The molecule has 0 saturated carbocycles. The monoisotopic (exact) mass is 484 g/mol. The highest BCUT2D eigenvalue weighted by molar-refractivity contribution is 6.00. The summed E-state index contributed by atoms with van der Waals surface area (Å²) >= 11 is 0. The summed E-state index contributed by atoms with van der Waals surface area (Å²) in [5, 5.41) is 3.71. The van der Waals surface area contributed by atoms with Gasteiger partial charge in [-0.1, -0.05) is 11.2 Å². The van der Waals surface area contributed by atoms with Gasteiger partial charge in [0.2, 0.25) is 5.88 Å². The number of carbonyl (C=O) groups is 2. The molecule has 1 aliphatic rings. The lowest BCUT2D eigenvalue weighted by molar-refractivity contribution is 0.0357. The first-order valence-corrected chi connectivity index (χ1v) is 11.0. The zero-order valence-electron chi connectivity index (χ0n) is 19.8. The number of hydrogen-bond acceptors (Lipinski definition) is 9. The van der Waals surface area contributed by atoms with Crippen LogP contribution >= 0.6 is 0 Å². The van der Waals surface area contributed by atoms with Gasteiger partial charge in [0.25, 0.3) is 11.8 Å². The number of halogens is 1. The van der Waals surface area contributed by atoms with Crippen LogP contribution in [0, 0.1) is 12.7 Å². The molecule has 4 rings (SSSR count). The van der Waals surface area contributed by atoms with Crippen LogP contribution < -0.4 is 9.47 Å². The molecule has 2 atom stereocenters. The number of likely N-dealkylation sites (tertiary alicyclic amines) is 1. The zero-order chi connectivity index (χ0) is 25.1. The molecule has 11 heteroatoms. The Morgan fingerprint density at radius 1 is 1.20 bits per heavy atom. The molecule has 3 heterocycles. The Balaban J connectivity index is 1.62. The number of benzene rings is 1. The van der Waals surface area contributed by atoms with E-state index in [1.807, 2.05) is 6.92 Å². The molecular formula is C24H25FN4O6. The lowest BCUT2D eigenvalue weighted by Crippen LogP contribution is -2.49. The highest BCUT2D eigenvalue weighted by Gasteiger charge is 2.34. The quantitative estimate of drug-likeness (QED) is 0.485. The molecule has 1 fully saturated rings. The topological polar surface area (TPSA) is 117 Å². The number of methoxy groups -OCH3 is 2. The molecule has 0 N–H and O–H groups in total. The van der Waals surface area contributed by atoms with Crippen molar-refractivity contribution in [1.29, 1.82) is 0 Å². The molecule has 0 spiro atoms. The van der Waals surface area contributed by atoms with E-state index in [4.69, 9.17) is 18.7 Å². The predicted molar refractivity (Wildman–Crippen MR) is 121 cm³/mol. The summed E-state index contributed by atoms with van der Waals surface area (Å²) in [5.41, 5.74) is 0.125. The van der Waals surface area contributed by atoms with Crippen LogP contribution in [0.3, 0.4) is 0 Å². The van der Waals surface area contributed by atoms with Gasteiger partial charge in [-0.15, -0.1) is 0 Å². The van der Waals surface area contributed by atoms with Crippen molar-refractivity contribution in [3.63, 3.8) is 0 Å². The molecule has 10 nitrogen and oxygen atoms in total. The largest absolute Gasteiger partial charge is 0.496 e. The summed E-state index contributed by atoms with van der Waals surface area (Å²) in [6.07, 6.45) is 2.22. The van der Waals surface area contributed by atoms with Crippen molar-refractivity contribution < 1.29 is 32.7 Å². The van der Waals surface area contributed by atoms with E-state index in [1.54, 1.807) is 11.8 Å². The van der Waals surface area contributed by atoms with Gasteiger partial charge in [0.15, 0.2) is 11.4 Å². The number of aryl methyl sites for hydroxylation is 1. The third kappa shape index (κ3) is 4.79. The molecular weight excluding hydrogens is 459 g/mol. The number of aromatic nitrogens is 3. The highest BCUT2D eigenvalue weighted by Crippen LogP contribution is 2.32. The van der Waals surface area contributed by atoms with Crippen molar-refractivity contribution in [2.75, 3.05) is 20.8 Å². The predicted octanol–water partition coefficient (Wildman–Crippen LogP) is 3.45. The van der Waals surface area contributed by atoms with Gasteiger partial charge in [-0.3, -0.25) is 4.79 Å². The van der Waals surface area contributed by atoms with Crippen LogP contribution in [0.25, 0.3) is 11.5 Å². The van der Waals surface area contributed by atoms with Crippen LogP contribution in [-0.2, 0) is 4.74 Å². The standard InChI is InChI=1S/C24H25FN4O6/c1-13-8-9-15(34-21-20(24(31)33-4)18(32-3)10-11-26-21)12-29(13)23(30)16-6-5-7-17(25)19(16)22-27-14(2)28-35-22/h5-7,10-11,13,15H,8-9,12H2,1-4H3/t13-,15-/m1/s1. The second kappa shape index (κ2) is 10.1. The van der Waals surface area contributed by atoms with E-state index in [9.17, 15) is 14.0 Å². The summed E-state index contributed by atoms with van der Waals surface area (Å²) in [6.45, 7) is 3.71. The van der Waals surface area contributed by atoms with E-state index < -0.39 is 23.8 Å². The maximum Gasteiger partial charge on any atom is 0.347 e. The summed E-state index contributed by atoms with van der Waals surface area (Å²) in [4.78, 5) is 35.8. The van der Waals surface area contributed by atoms with E-state index in [0.717, 1.165) is 0 Å². The van der Waals surface area contributed by atoms with Crippen LogP contribution in [0.4, 0.5) is 4.39 Å². The molecule has 1 amide bonds. The molecule has 3 aromatic rings. The van der Waals surface area contributed by atoms with Crippen LogP contribution in [0.2, 0.25) is 0 Å². The van der Waals surface area contributed by atoms with Gasteiger partial charge in [-0.25, -0.2) is 14.2 Å². The van der Waals surface area contributed by atoms with E-state index in [1.165, 1.54) is 44.7 Å². The molecule has 1 saturated heterocycles. The SMILES string of the molecule is COC(=O)c1c(OC)ccnc1O[C@@H]1CC[C@@H](C)N(C(=O)c2cccc(F)c2-c2nc(C)no2)C1. The number of hydrogen-bond donors (Lipinski definition) is 0. The molecule has 35 heavy (non-hydrogen) atoms. The first-order valence-electron chi connectivity index (χ1n) is 11.0. The molecule has 1 aromatic carbocycles. The molecule has 0 aliphatic carbocycles. The van der Waals surface area contributed by atoms with Crippen LogP contribution in [0.5, 0.6) is 11.6 Å². The number of esters is 1. The van der Waals surface area contributed by atoms with Crippen LogP contribution in [0.15, 0.2) is 35.0 Å². The number of nitrogens with zero attached hydrogens (tertiary/aromatic N) is 4. The molecule has 1 aliphatic heterocycles. The van der Waals surface area contributed by atoms with E-state index >= 15 is 0 Å². The number of piperidine rings is 1. The van der Waals surface area contributed by atoms with Gasteiger partial charge in [-0.05, 0) is 44.9 Å². The highest BCUT2D eigenvalue weighted by atomic mass is 19.1. The van der Waals surface area contributed by atoms with Crippen molar-refractivity contribution in [1.82, 2.24) is 20.0 Å². The fraction of sp³-hybridized carbons (Fsp3) is 0.375. The van der Waals surface area contributed by atoms with Crippen molar-refractivity contribution in [2.45, 2.75) is 38.8 Å². The fourth-order valence-corrected chi connectivity index (χ4v) is 4.06. The molecule has 0 radical (unpaired) electrons. The van der Waals surface area contributed by atoms with Crippen molar-refractivity contribution in [2.24, 2.45) is 0 Å². The number of ether oxygens (including phenoxy) is 3. The Kier molecular flexibility index (Phi) is 6.94. The summed E-state index contributed by atoms with van der Waals surface area (Å²) in [7, 11) is 2.68. The van der Waals surface area contributed by atoms with Crippen molar-refractivity contribution in [3.8, 4) is 23.1 Å². The van der Waals surface area contributed by atoms with Gasteiger partial charge in [0.05, 0.1) is 31.9 Å². The Morgan fingerprint density at radius 2 is 2.00 bits per heavy atom. The minimum atomic E-state index is -0.652. The second-order valence-electron chi connectivity index (χ2n) is 8.12. The Hall–Kier alpha value is -4.02. The average Bonchev–Trinajstić information content (AvgIpc) is 3.29. The van der Waals surface area contributed by atoms with Gasteiger partial charge in [0, 0.05) is 12.2 Å². The van der Waals surface area contributed by atoms with Gasteiger partial charge in [-0.2, -0.15) is 4.98 Å².